The van der Waals surface area contributed by atoms with Gasteiger partial charge in [-0.25, -0.2) is 0 Å². The predicted molar refractivity (Wildman–Crippen MR) is 90.8 cm³/mol. The van der Waals surface area contributed by atoms with E-state index in [4.69, 9.17) is 0 Å². The second kappa shape index (κ2) is 9.02. The summed E-state index contributed by atoms with van der Waals surface area (Å²) >= 11 is 0. The molecule has 0 saturated carbocycles. The third-order valence-electron chi connectivity index (χ3n) is 5.58. The van der Waals surface area contributed by atoms with Crippen molar-refractivity contribution in [3.05, 3.63) is 12.2 Å². The van der Waals surface area contributed by atoms with Crippen LogP contribution in [0.1, 0.15) is 39.5 Å². The molecule has 0 aliphatic carbocycles. The van der Waals surface area contributed by atoms with Crippen molar-refractivity contribution in [3.63, 3.8) is 0 Å². The summed E-state index contributed by atoms with van der Waals surface area (Å²) in [7, 11) is 0. The lowest BCUT2D eigenvalue weighted by Gasteiger charge is -2.37. The van der Waals surface area contributed by atoms with Gasteiger partial charge < -0.3 is 10.2 Å². The third-order valence-corrected chi connectivity index (χ3v) is 5.58. The van der Waals surface area contributed by atoms with Gasteiger partial charge >= 0.3 is 0 Å². The molecule has 2 fully saturated rings. The summed E-state index contributed by atoms with van der Waals surface area (Å²) in [4.78, 5) is 4.97. The first-order chi connectivity index (χ1) is 10.6. The predicted octanol–water partition coefficient (Wildman–Crippen LogP) is 1.73. The van der Waals surface area contributed by atoms with Gasteiger partial charge in [0, 0.05) is 51.5 Å². The number of hydrogen-bond acceptors (Lipinski definition) is 4. The summed E-state index contributed by atoms with van der Waals surface area (Å²) in [6, 6.07) is 1.25. The van der Waals surface area contributed by atoms with Crippen molar-refractivity contribution in [2.75, 3.05) is 39.4 Å². The van der Waals surface area contributed by atoms with Gasteiger partial charge in [-0.2, -0.15) is 0 Å². The smallest absolute Gasteiger partial charge is 0.0471 e. The van der Waals surface area contributed by atoms with Crippen molar-refractivity contribution in [2.45, 2.75) is 51.6 Å². The first-order valence-electron chi connectivity index (χ1n) is 8.98. The van der Waals surface area contributed by atoms with Crippen LogP contribution < -0.4 is 0 Å². The Morgan fingerprint density at radius 3 is 1.55 bits per heavy atom. The van der Waals surface area contributed by atoms with E-state index < -0.39 is 0 Å². The summed E-state index contributed by atoms with van der Waals surface area (Å²) < 4.78 is 0. The van der Waals surface area contributed by atoms with Crippen molar-refractivity contribution in [2.24, 2.45) is 11.8 Å². The standard InChI is InChI=1S/C18H34N2O2/c1-15-5-7-17(13-21)11-19(15)9-3-4-10-20-12-18(14-22)8-6-16(20)2/h3-4,15-18,21-22H,5-14H2,1-2H3/b4-3+/t15-,16-,17-,18-/m0/s1. The summed E-state index contributed by atoms with van der Waals surface area (Å²) in [6.45, 7) is 9.25. The maximum atomic E-state index is 9.34. The molecule has 2 rings (SSSR count). The molecule has 0 radical (unpaired) electrons. The van der Waals surface area contributed by atoms with Gasteiger partial charge in [-0.15, -0.1) is 0 Å². The number of aliphatic hydroxyl groups is 2. The SMILES string of the molecule is C[C@H]1CC[C@H](CO)CN1C/C=C/CN1C[C@@H](CO)CC[C@@H]1C. The van der Waals surface area contributed by atoms with Crippen LogP contribution in [0.4, 0.5) is 0 Å². The zero-order chi connectivity index (χ0) is 15.9. The van der Waals surface area contributed by atoms with Gasteiger partial charge in [0.15, 0.2) is 0 Å². The van der Waals surface area contributed by atoms with Crippen molar-refractivity contribution in [1.82, 2.24) is 9.80 Å². The monoisotopic (exact) mass is 310 g/mol. The van der Waals surface area contributed by atoms with Gasteiger partial charge in [0.1, 0.15) is 0 Å². The maximum absolute atomic E-state index is 9.34. The number of rotatable bonds is 6. The van der Waals surface area contributed by atoms with Crippen molar-refractivity contribution < 1.29 is 10.2 Å². The largest absolute Gasteiger partial charge is 0.396 e. The van der Waals surface area contributed by atoms with Crippen molar-refractivity contribution in [3.8, 4) is 0 Å². The molecule has 4 heteroatoms. The molecule has 0 amide bonds. The van der Waals surface area contributed by atoms with Crippen LogP contribution in [0.5, 0.6) is 0 Å². The molecular formula is C18H34N2O2. The van der Waals surface area contributed by atoms with Crippen LogP contribution >= 0.6 is 0 Å². The van der Waals surface area contributed by atoms with Gasteiger partial charge in [0.25, 0.3) is 0 Å². The summed E-state index contributed by atoms with van der Waals surface area (Å²) in [5, 5.41) is 18.7. The van der Waals surface area contributed by atoms with Crippen LogP contribution in [0.15, 0.2) is 12.2 Å². The maximum Gasteiger partial charge on any atom is 0.0471 e. The number of aliphatic hydroxyl groups excluding tert-OH is 2. The Balaban J connectivity index is 1.74. The molecule has 0 aromatic heterocycles. The van der Waals surface area contributed by atoms with Gasteiger partial charge in [-0.3, -0.25) is 9.80 Å². The average Bonchev–Trinajstić information content (AvgIpc) is 2.54. The van der Waals surface area contributed by atoms with Crippen LogP contribution in [0, 0.1) is 11.8 Å². The van der Waals surface area contributed by atoms with Crippen molar-refractivity contribution >= 4 is 0 Å². The second-order valence-corrected chi connectivity index (χ2v) is 7.33. The van der Waals surface area contributed by atoms with Crippen LogP contribution in [-0.2, 0) is 0 Å². The minimum Gasteiger partial charge on any atom is -0.396 e. The molecule has 2 N–H and O–H groups in total. The van der Waals surface area contributed by atoms with Gasteiger partial charge in [-0.05, 0) is 51.4 Å². The molecule has 2 aliphatic heterocycles. The van der Waals surface area contributed by atoms with Crippen LogP contribution in [0.3, 0.4) is 0 Å². The van der Waals surface area contributed by atoms with Gasteiger partial charge in [0.05, 0.1) is 0 Å². The molecule has 2 heterocycles. The molecule has 0 aromatic carbocycles. The highest BCUT2D eigenvalue weighted by atomic mass is 16.3. The minimum atomic E-state index is 0.320. The van der Waals surface area contributed by atoms with E-state index in [0.29, 0.717) is 37.1 Å². The van der Waals surface area contributed by atoms with E-state index in [9.17, 15) is 10.2 Å². The molecule has 4 atom stereocenters. The van der Waals surface area contributed by atoms with Gasteiger partial charge in [-0.1, -0.05) is 12.2 Å². The first-order valence-corrected chi connectivity index (χ1v) is 8.98. The van der Waals surface area contributed by atoms with Crippen LogP contribution in [0.25, 0.3) is 0 Å². The van der Waals surface area contributed by atoms with E-state index >= 15 is 0 Å². The van der Waals surface area contributed by atoms with E-state index in [2.05, 4.69) is 35.8 Å². The Labute approximate surface area is 135 Å². The van der Waals surface area contributed by atoms with Crippen LogP contribution in [0.2, 0.25) is 0 Å². The van der Waals surface area contributed by atoms with E-state index in [0.717, 1.165) is 39.0 Å². The fraction of sp³-hybridized carbons (Fsp3) is 0.889. The lowest BCUT2D eigenvalue weighted by atomic mass is 9.94. The highest BCUT2D eigenvalue weighted by molar-refractivity contribution is 4.92. The zero-order valence-corrected chi connectivity index (χ0v) is 14.3. The Kier molecular flexibility index (Phi) is 7.35. The first kappa shape index (κ1) is 17.9. The Hall–Kier alpha value is -0.420. The van der Waals surface area contributed by atoms with E-state index in [1.165, 1.54) is 12.8 Å². The quantitative estimate of drug-likeness (QED) is 0.734. The molecule has 2 saturated heterocycles. The molecule has 0 unspecified atom stereocenters. The normalized spacial score (nSPS) is 35.3. The van der Waals surface area contributed by atoms with E-state index in [1.54, 1.807) is 0 Å². The fourth-order valence-corrected chi connectivity index (χ4v) is 3.75. The lowest BCUT2D eigenvalue weighted by molar-refractivity contribution is 0.0895. The Morgan fingerprint density at radius 1 is 0.773 bits per heavy atom. The van der Waals surface area contributed by atoms with Gasteiger partial charge in [0.2, 0.25) is 0 Å². The van der Waals surface area contributed by atoms with Crippen molar-refractivity contribution in [1.29, 1.82) is 0 Å². The summed E-state index contributed by atoms with van der Waals surface area (Å²) in [6.07, 6.45) is 9.27. The molecule has 4 nitrogen and oxygen atoms in total. The molecule has 22 heavy (non-hydrogen) atoms. The highest BCUT2D eigenvalue weighted by Gasteiger charge is 2.25. The molecular weight excluding hydrogens is 276 g/mol. The summed E-state index contributed by atoms with van der Waals surface area (Å²) in [5.41, 5.74) is 0. The van der Waals surface area contributed by atoms with E-state index in [-0.39, 0.29) is 0 Å². The molecule has 0 bridgehead atoms. The number of piperidine rings is 2. The molecule has 2 aliphatic rings. The average molecular weight is 310 g/mol. The molecule has 0 spiro atoms. The topological polar surface area (TPSA) is 46.9 Å². The zero-order valence-electron chi connectivity index (χ0n) is 14.3. The Bertz CT molecular complexity index is 316. The number of likely N-dealkylation sites (tertiary alicyclic amines) is 2. The second-order valence-electron chi connectivity index (χ2n) is 7.33. The van der Waals surface area contributed by atoms with E-state index in [1.807, 2.05) is 0 Å². The lowest BCUT2D eigenvalue weighted by Crippen LogP contribution is -2.43. The van der Waals surface area contributed by atoms with Crippen LogP contribution in [-0.4, -0.2) is 71.5 Å². The summed E-state index contributed by atoms with van der Waals surface area (Å²) in [5.74, 6) is 0.911. The number of hydrogen-bond donors (Lipinski definition) is 2. The third kappa shape index (κ3) is 5.05. The minimum absolute atomic E-state index is 0.320. The molecule has 0 aromatic rings. The highest BCUT2D eigenvalue weighted by Crippen LogP contribution is 2.22. The molecule has 128 valence electrons. The number of nitrogens with zero attached hydrogens (tertiary/aromatic N) is 2. The fourth-order valence-electron chi connectivity index (χ4n) is 3.75. The Morgan fingerprint density at radius 2 is 1.18 bits per heavy atom.